The molecule has 2 heterocycles. The summed E-state index contributed by atoms with van der Waals surface area (Å²) in [6.45, 7) is 0. The van der Waals surface area contributed by atoms with E-state index in [0.29, 0.717) is 11.1 Å². The molecule has 4 rings (SSSR count). The predicted octanol–water partition coefficient (Wildman–Crippen LogP) is 4.99. The summed E-state index contributed by atoms with van der Waals surface area (Å²) in [4.78, 5) is 26.6. The molecular formula is C20H10ClFN2O5. The van der Waals surface area contributed by atoms with E-state index >= 15 is 0 Å². The number of carbonyl (C=O) groups excluding carboxylic acids is 1. The fourth-order valence-electron chi connectivity index (χ4n) is 2.68. The molecule has 0 atom stereocenters. The molecule has 0 aliphatic carbocycles. The maximum atomic E-state index is 13.4. The SMILES string of the molecule is O=C1OC(c2cccc(F)c2)=N/C1=C\c1ccc(-c2cc([N+](=O)[O-])ccc2Cl)o1. The minimum atomic E-state index is -0.712. The number of benzene rings is 2. The number of furan rings is 1. The Balaban J connectivity index is 1.65. The van der Waals surface area contributed by atoms with Gasteiger partial charge in [0.15, 0.2) is 5.70 Å². The third kappa shape index (κ3) is 3.78. The number of cyclic esters (lactones) is 1. The highest BCUT2D eigenvalue weighted by molar-refractivity contribution is 6.33. The van der Waals surface area contributed by atoms with Gasteiger partial charge in [0.2, 0.25) is 5.90 Å². The van der Waals surface area contributed by atoms with Crippen LogP contribution in [0.1, 0.15) is 11.3 Å². The normalized spacial score (nSPS) is 14.8. The Morgan fingerprint density at radius 1 is 1.14 bits per heavy atom. The number of halogens is 2. The van der Waals surface area contributed by atoms with E-state index < -0.39 is 16.7 Å². The molecule has 29 heavy (non-hydrogen) atoms. The van der Waals surface area contributed by atoms with E-state index in [1.807, 2.05) is 0 Å². The lowest BCUT2D eigenvalue weighted by molar-refractivity contribution is -0.384. The van der Waals surface area contributed by atoms with Crippen molar-refractivity contribution in [2.24, 2.45) is 4.99 Å². The molecule has 0 radical (unpaired) electrons. The smallest absolute Gasteiger partial charge is 0.363 e. The summed E-state index contributed by atoms with van der Waals surface area (Å²) in [5, 5.41) is 11.2. The van der Waals surface area contributed by atoms with E-state index in [9.17, 15) is 19.3 Å². The zero-order valence-corrected chi connectivity index (χ0v) is 15.2. The summed E-state index contributed by atoms with van der Waals surface area (Å²) in [7, 11) is 0. The molecule has 144 valence electrons. The van der Waals surface area contributed by atoms with Crippen molar-refractivity contribution in [3.63, 3.8) is 0 Å². The molecule has 0 spiro atoms. The van der Waals surface area contributed by atoms with Gasteiger partial charge in [0.1, 0.15) is 17.3 Å². The van der Waals surface area contributed by atoms with E-state index in [1.54, 1.807) is 18.2 Å². The summed E-state index contributed by atoms with van der Waals surface area (Å²) in [5.74, 6) is -0.668. The Labute approximate surface area is 167 Å². The minimum Gasteiger partial charge on any atom is -0.457 e. The Kier molecular flexibility index (Phi) is 4.69. The summed E-state index contributed by atoms with van der Waals surface area (Å²) in [6.07, 6.45) is 1.35. The van der Waals surface area contributed by atoms with Gasteiger partial charge in [0.05, 0.1) is 9.95 Å². The number of hydrogen-bond donors (Lipinski definition) is 0. The van der Waals surface area contributed by atoms with Gasteiger partial charge in [-0.2, -0.15) is 0 Å². The summed E-state index contributed by atoms with van der Waals surface area (Å²) >= 11 is 6.11. The van der Waals surface area contributed by atoms with Crippen molar-refractivity contribution < 1.29 is 23.3 Å². The first-order chi connectivity index (χ1) is 13.9. The van der Waals surface area contributed by atoms with Gasteiger partial charge < -0.3 is 9.15 Å². The van der Waals surface area contributed by atoms with Crippen LogP contribution in [0.2, 0.25) is 5.02 Å². The van der Waals surface area contributed by atoms with Crippen molar-refractivity contribution in [2.75, 3.05) is 0 Å². The van der Waals surface area contributed by atoms with Crippen LogP contribution in [0.3, 0.4) is 0 Å². The third-order valence-corrected chi connectivity index (χ3v) is 4.35. The Morgan fingerprint density at radius 3 is 2.72 bits per heavy atom. The topological polar surface area (TPSA) is 94.9 Å². The first-order valence-electron chi connectivity index (χ1n) is 8.23. The van der Waals surface area contributed by atoms with Crippen LogP contribution < -0.4 is 0 Å². The average molecular weight is 413 g/mol. The number of rotatable bonds is 4. The molecule has 0 fully saturated rings. The van der Waals surface area contributed by atoms with E-state index in [0.717, 1.165) is 0 Å². The second kappa shape index (κ2) is 7.33. The number of aliphatic imine (C=N–C) groups is 1. The van der Waals surface area contributed by atoms with Crippen LogP contribution in [-0.4, -0.2) is 16.8 Å². The zero-order valence-electron chi connectivity index (χ0n) is 14.5. The van der Waals surface area contributed by atoms with Crippen LogP contribution in [0, 0.1) is 15.9 Å². The summed E-state index contributed by atoms with van der Waals surface area (Å²) in [5.41, 5.74) is 0.494. The standard InChI is InChI=1S/C20H10ClFN2O5/c21-16-6-4-13(24(26)27)9-15(16)18-7-5-14(28-18)10-17-20(25)29-19(23-17)11-2-1-3-12(22)8-11/h1-10H/b17-10-. The van der Waals surface area contributed by atoms with Gasteiger partial charge in [-0.25, -0.2) is 14.2 Å². The Morgan fingerprint density at radius 2 is 1.97 bits per heavy atom. The van der Waals surface area contributed by atoms with Crippen molar-refractivity contribution >= 4 is 35.2 Å². The van der Waals surface area contributed by atoms with Gasteiger partial charge in [-0.1, -0.05) is 17.7 Å². The summed E-state index contributed by atoms with van der Waals surface area (Å²) in [6, 6.07) is 12.6. The second-order valence-electron chi connectivity index (χ2n) is 5.97. The lowest BCUT2D eigenvalue weighted by Crippen LogP contribution is -2.05. The molecule has 0 amide bonds. The van der Waals surface area contributed by atoms with Crippen molar-refractivity contribution in [3.8, 4) is 11.3 Å². The van der Waals surface area contributed by atoms with Crippen LogP contribution in [0.25, 0.3) is 17.4 Å². The van der Waals surface area contributed by atoms with Crippen LogP contribution in [0.4, 0.5) is 10.1 Å². The molecule has 9 heteroatoms. The molecule has 0 bridgehead atoms. The molecule has 0 saturated carbocycles. The number of nitro groups is 1. The van der Waals surface area contributed by atoms with E-state index in [2.05, 4.69) is 4.99 Å². The number of hydrogen-bond acceptors (Lipinski definition) is 6. The Bertz CT molecular complexity index is 1220. The van der Waals surface area contributed by atoms with E-state index in [-0.39, 0.29) is 33.8 Å². The van der Waals surface area contributed by atoms with Gasteiger partial charge >= 0.3 is 5.97 Å². The fraction of sp³-hybridized carbons (Fsp3) is 0. The molecule has 1 aliphatic heterocycles. The molecule has 0 N–H and O–H groups in total. The summed E-state index contributed by atoms with van der Waals surface area (Å²) < 4.78 is 24.1. The number of nitro benzene ring substituents is 1. The molecule has 0 saturated heterocycles. The number of nitrogens with zero attached hydrogens (tertiary/aromatic N) is 2. The lowest BCUT2D eigenvalue weighted by Gasteiger charge is -2.00. The first-order valence-corrected chi connectivity index (χ1v) is 8.61. The molecule has 3 aromatic rings. The number of non-ortho nitro benzene ring substituents is 1. The fourth-order valence-corrected chi connectivity index (χ4v) is 2.89. The number of esters is 1. The predicted molar refractivity (Wildman–Crippen MR) is 103 cm³/mol. The van der Waals surface area contributed by atoms with Crippen LogP contribution in [0.15, 0.2) is 69.7 Å². The molecule has 2 aromatic carbocycles. The molecular weight excluding hydrogens is 403 g/mol. The first kappa shape index (κ1) is 18.6. The minimum absolute atomic E-state index is 0.0192. The van der Waals surface area contributed by atoms with Crippen molar-refractivity contribution in [3.05, 3.63) is 92.6 Å². The maximum absolute atomic E-state index is 13.4. The second-order valence-corrected chi connectivity index (χ2v) is 6.38. The molecule has 0 unspecified atom stereocenters. The lowest BCUT2D eigenvalue weighted by atomic mass is 10.1. The monoisotopic (exact) mass is 412 g/mol. The van der Waals surface area contributed by atoms with Gasteiger partial charge in [-0.3, -0.25) is 10.1 Å². The van der Waals surface area contributed by atoms with Crippen molar-refractivity contribution in [1.82, 2.24) is 0 Å². The van der Waals surface area contributed by atoms with E-state index in [4.69, 9.17) is 20.8 Å². The third-order valence-electron chi connectivity index (χ3n) is 4.02. The molecule has 7 nitrogen and oxygen atoms in total. The number of carbonyl (C=O) groups is 1. The van der Waals surface area contributed by atoms with Crippen LogP contribution in [-0.2, 0) is 9.53 Å². The number of ether oxygens (including phenoxy) is 1. The molecule has 1 aromatic heterocycles. The highest BCUT2D eigenvalue weighted by Gasteiger charge is 2.25. The van der Waals surface area contributed by atoms with Crippen molar-refractivity contribution in [2.45, 2.75) is 0 Å². The maximum Gasteiger partial charge on any atom is 0.363 e. The quantitative estimate of drug-likeness (QED) is 0.260. The van der Waals surface area contributed by atoms with Gasteiger partial charge in [0, 0.05) is 29.3 Å². The average Bonchev–Trinajstić information content (AvgIpc) is 3.29. The van der Waals surface area contributed by atoms with Crippen LogP contribution in [0.5, 0.6) is 0 Å². The van der Waals surface area contributed by atoms with Crippen LogP contribution >= 0.6 is 11.6 Å². The Hall–Kier alpha value is -3.78. The van der Waals surface area contributed by atoms with E-state index in [1.165, 1.54) is 42.5 Å². The highest BCUT2D eigenvalue weighted by atomic mass is 35.5. The van der Waals surface area contributed by atoms with Gasteiger partial charge in [-0.05, 0) is 36.4 Å². The van der Waals surface area contributed by atoms with Gasteiger partial charge in [-0.15, -0.1) is 0 Å². The molecule has 1 aliphatic rings. The zero-order chi connectivity index (χ0) is 20.5. The van der Waals surface area contributed by atoms with Gasteiger partial charge in [0.25, 0.3) is 5.69 Å². The highest BCUT2D eigenvalue weighted by Crippen LogP contribution is 2.33. The largest absolute Gasteiger partial charge is 0.457 e. The van der Waals surface area contributed by atoms with Crippen molar-refractivity contribution in [1.29, 1.82) is 0 Å².